The van der Waals surface area contributed by atoms with Crippen LogP contribution in [0, 0.1) is 6.92 Å². The first kappa shape index (κ1) is 16.4. The van der Waals surface area contributed by atoms with Gasteiger partial charge in [0.15, 0.2) is 0 Å². The summed E-state index contributed by atoms with van der Waals surface area (Å²) in [5.41, 5.74) is 3.47. The number of rotatable bonds is 2. The fourth-order valence-corrected chi connectivity index (χ4v) is 3.90. The van der Waals surface area contributed by atoms with Gasteiger partial charge >= 0.3 is 0 Å². The molecule has 4 aromatic rings. The fourth-order valence-electron chi connectivity index (χ4n) is 3.90. The van der Waals surface area contributed by atoms with Crippen LogP contribution in [0.25, 0.3) is 10.8 Å². The number of carbonyl (C=O) groups is 1. The van der Waals surface area contributed by atoms with Crippen LogP contribution in [0.4, 0.5) is 0 Å². The highest BCUT2D eigenvalue weighted by molar-refractivity contribution is 6.30. The zero-order valence-corrected chi connectivity index (χ0v) is 15.3. The van der Waals surface area contributed by atoms with Gasteiger partial charge in [0.1, 0.15) is 22.9 Å². The molecule has 5 heteroatoms. The third-order valence-electron chi connectivity index (χ3n) is 5.27. The Hall–Kier alpha value is -3.73. The van der Waals surface area contributed by atoms with Crippen LogP contribution in [0.5, 0.6) is 0 Å². The zero-order chi connectivity index (χ0) is 19.3. The summed E-state index contributed by atoms with van der Waals surface area (Å²) in [6.45, 7) is 2.40. The van der Waals surface area contributed by atoms with Gasteiger partial charge in [-0.15, -0.1) is 0 Å². The van der Waals surface area contributed by atoms with Crippen LogP contribution in [-0.2, 0) is 6.54 Å². The van der Waals surface area contributed by atoms with Crippen molar-refractivity contribution in [2.75, 3.05) is 0 Å². The molecule has 5 rings (SSSR count). The highest BCUT2D eigenvalue weighted by Gasteiger charge is 2.34. The summed E-state index contributed by atoms with van der Waals surface area (Å²) < 4.78 is 1.90. The molecule has 1 aromatic heterocycles. The molecule has 28 heavy (non-hydrogen) atoms. The van der Waals surface area contributed by atoms with E-state index in [1.807, 2.05) is 78.2 Å². The van der Waals surface area contributed by atoms with Crippen molar-refractivity contribution in [2.24, 2.45) is 5.16 Å². The van der Waals surface area contributed by atoms with Gasteiger partial charge in [-0.3, -0.25) is 4.79 Å². The Morgan fingerprint density at radius 1 is 0.964 bits per heavy atom. The standard InChI is InChI=1S/C23H17N3O2/c1-14-24-21-20(25-28)18-11-16-9-5-6-10-17(16)12-19(18)23(27)22(21)26(14)13-15-7-3-2-4-8-15/h2-12,28H,13H2,1H3/b25-20+. The van der Waals surface area contributed by atoms with Gasteiger partial charge in [-0.25, -0.2) is 4.98 Å². The Balaban J connectivity index is 1.73. The van der Waals surface area contributed by atoms with Crippen molar-refractivity contribution in [1.29, 1.82) is 0 Å². The van der Waals surface area contributed by atoms with Crippen molar-refractivity contribution in [1.82, 2.24) is 9.55 Å². The van der Waals surface area contributed by atoms with E-state index in [1.165, 1.54) is 0 Å². The van der Waals surface area contributed by atoms with Crippen molar-refractivity contribution in [3.63, 3.8) is 0 Å². The molecular weight excluding hydrogens is 350 g/mol. The third-order valence-corrected chi connectivity index (χ3v) is 5.27. The molecule has 1 heterocycles. The Morgan fingerprint density at radius 2 is 1.61 bits per heavy atom. The van der Waals surface area contributed by atoms with Gasteiger partial charge in [0.25, 0.3) is 0 Å². The quantitative estimate of drug-likeness (QED) is 0.376. The second-order valence-corrected chi connectivity index (χ2v) is 6.95. The zero-order valence-electron chi connectivity index (χ0n) is 15.3. The summed E-state index contributed by atoms with van der Waals surface area (Å²) in [5.74, 6) is 0.611. The van der Waals surface area contributed by atoms with E-state index in [-0.39, 0.29) is 5.78 Å². The normalized spacial score (nSPS) is 14.3. The number of oxime groups is 1. The van der Waals surface area contributed by atoms with E-state index in [0.29, 0.717) is 40.6 Å². The summed E-state index contributed by atoms with van der Waals surface area (Å²) in [4.78, 5) is 18.0. The van der Waals surface area contributed by atoms with Crippen LogP contribution in [0.1, 0.15) is 38.7 Å². The molecule has 3 aromatic carbocycles. The SMILES string of the molecule is Cc1nc2c(n1Cc1ccccc1)C(=O)c1cc3ccccc3cc1/C2=N\O. The number of hydrogen-bond donors (Lipinski definition) is 1. The van der Waals surface area contributed by atoms with E-state index >= 15 is 0 Å². The molecule has 0 fully saturated rings. The average Bonchev–Trinajstić information content (AvgIpc) is 3.04. The van der Waals surface area contributed by atoms with Crippen LogP contribution in [-0.4, -0.2) is 26.3 Å². The fraction of sp³-hybridized carbons (Fsp3) is 0.0870. The van der Waals surface area contributed by atoms with E-state index in [2.05, 4.69) is 10.1 Å². The van der Waals surface area contributed by atoms with Crippen molar-refractivity contribution in [3.8, 4) is 0 Å². The molecule has 0 atom stereocenters. The summed E-state index contributed by atoms with van der Waals surface area (Å²) in [5, 5.41) is 15.2. The van der Waals surface area contributed by atoms with Crippen molar-refractivity contribution in [3.05, 3.63) is 101 Å². The lowest BCUT2D eigenvalue weighted by Gasteiger charge is -2.19. The molecule has 0 bridgehead atoms. The molecule has 5 nitrogen and oxygen atoms in total. The summed E-state index contributed by atoms with van der Waals surface area (Å²) in [7, 11) is 0. The van der Waals surface area contributed by atoms with Crippen LogP contribution in [0.15, 0.2) is 71.9 Å². The molecule has 0 radical (unpaired) electrons. The highest BCUT2D eigenvalue weighted by atomic mass is 16.4. The van der Waals surface area contributed by atoms with E-state index in [1.54, 1.807) is 0 Å². The van der Waals surface area contributed by atoms with Crippen molar-refractivity contribution >= 4 is 22.3 Å². The molecule has 0 amide bonds. The first-order chi connectivity index (χ1) is 13.7. The van der Waals surface area contributed by atoms with Crippen molar-refractivity contribution in [2.45, 2.75) is 13.5 Å². The summed E-state index contributed by atoms with van der Waals surface area (Å²) >= 11 is 0. The lowest BCUT2D eigenvalue weighted by Crippen LogP contribution is -2.24. The van der Waals surface area contributed by atoms with Gasteiger partial charge in [0.2, 0.25) is 5.78 Å². The second-order valence-electron chi connectivity index (χ2n) is 6.95. The Bertz CT molecular complexity index is 1270. The van der Waals surface area contributed by atoms with E-state index < -0.39 is 0 Å². The van der Waals surface area contributed by atoms with E-state index in [0.717, 1.165) is 16.3 Å². The average molecular weight is 367 g/mol. The molecule has 136 valence electrons. The monoisotopic (exact) mass is 367 g/mol. The van der Waals surface area contributed by atoms with Crippen LogP contribution in [0.2, 0.25) is 0 Å². The Morgan fingerprint density at radius 3 is 2.29 bits per heavy atom. The number of fused-ring (bicyclic) bond motifs is 3. The minimum atomic E-state index is -0.0975. The number of benzene rings is 3. The van der Waals surface area contributed by atoms with E-state index in [4.69, 9.17) is 0 Å². The van der Waals surface area contributed by atoms with Crippen molar-refractivity contribution < 1.29 is 10.0 Å². The molecule has 0 aliphatic heterocycles. The van der Waals surface area contributed by atoms with Crippen LogP contribution in [0.3, 0.4) is 0 Å². The number of carbonyl (C=O) groups excluding carboxylic acids is 1. The van der Waals surface area contributed by atoms with Gasteiger partial charge in [-0.2, -0.15) is 0 Å². The van der Waals surface area contributed by atoms with Crippen LogP contribution < -0.4 is 0 Å². The minimum absolute atomic E-state index is 0.0975. The molecule has 0 saturated carbocycles. The molecule has 1 aliphatic rings. The predicted octanol–water partition coefficient (Wildman–Crippen LogP) is 4.16. The molecule has 1 aliphatic carbocycles. The number of aryl methyl sites for hydroxylation is 1. The number of hydrogen-bond acceptors (Lipinski definition) is 4. The lowest BCUT2D eigenvalue weighted by atomic mass is 9.87. The lowest BCUT2D eigenvalue weighted by molar-refractivity contribution is 0.102. The maximum atomic E-state index is 13.4. The van der Waals surface area contributed by atoms with Crippen LogP contribution >= 0.6 is 0 Å². The number of ketones is 1. The molecule has 0 saturated heterocycles. The van der Waals surface area contributed by atoms with E-state index in [9.17, 15) is 10.0 Å². The van der Waals surface area contributed by atoms with Gasteiger partial charge < -0.3 is 9.77 Å². The third kappa shape index (κ3) is 2.36. The maximum Gasteiger partial charge on any atom is 0.212 e. The molecule has 0 unspecified atom stereocenters. The van der Waals surface area contributed by atoms with Gasteiger partial charge in [-0.1, -0.05) is 59.8 Å². The Labute approximate surface area is 161 Å². The predicted molar refractivity (Wildman–Crippen MR) is 107 cm³/mol. The second kappa shape index (κ2) is 6.16. The Kier molecular flexibility index (Phi) is 3.62. The van der Waals surface area contributed by atoms with Gasteiger partial charge in [0, 0.05) is 17.7 Å². The van der Waals surface area contributed by atoms with Gasteiger partial charge in [-0.05, 0) is 35.4 Å². The topological polar surface area (TPSA) is 67.5 Å². The van der Waals surface area contributed by atoms with Gasteiger partial charge in [0.05, 0.1) is 0 Å². The molecular formula is C23H17N3O2. The summed E-state index contributed by atoms with van der Waals surface area (Å²) in [6, 6.07) is 21.5. The largest absolute Gasteiger partial charge is 0.410 e. The smallest absolute Gasteiger partial charge is 0.212 e. The summed E-state index contributed by atoms with van der Waals surface area (Å²) in [6.07, 6.45) is 0. The maximum absolute atomic E-state index is 13.4. The first-order valence-corrected chi connectivity index (χ1v) is 9.08. The number of nitrogens with zero attached hydrogens (tertiary/aromatic N) is 3. The first-order valence-electron chi connectivity index (χ1n) is 9.08. The number of aromatic nitrogens is 2. The number of imidazole rings is 1. The minimum Gasteiger partial charge on any atom is -0.410 e. The molecule has 1 N–H and O–H groups in total. The highest BCUT2D eigenvalue weighted by Crippen LogP contribution is 2.32. The molecule has 0 spiro atoms.